The van der Waals surface area contributed by atoms with Crippen molar-refractivity contribution in [2.24, 2.45) is 0 Å². The van der Waals surface area contributed by atoms with Gasteiger partial charge in [0.1, 0.15) is 11.5 Å². The molecule has 0 unspecified atom stereocenters. The van der Waals surface area contributed by atoms with E-state index in [0.29, 0.717) is 45.1 Å². The van der Waals surface area contributed by atoms with Crippen molar-refractivity contribution >= 4 is 40.3 Å². The standard InChI is InChI=1S/C23H18N2O4S/c1-28-14-10-13(11-15(12-14)29-2)24-23(30)25-19-9-5-8-18-20(19)22(27)17-7-4-3-6-16(17)21(18)26/h3-12H,1-2H3,(H2,24,25,30). The molecule has 0 radical (unpaired) electrons. The molecule has 0 atom stereocenters. The van der Waals surface area contributed by atoms with Crippen molar-refractivity contribution in [2.45, 2.75) is 0 Å². The molecule has 2 N–H and O–H groups in total. The van der Waals surface area contributed by atoms with E-state index >= 15 is 0 Å². The first-order valence-corrected chi connectivity index (χ1v) is 9.55. The molecular weight excluding hydrogens is 400 g/mol. The molecule has 0 aromatic heterocycles. The number of hydrogen-bond donors (Lipinski definition) is 2. The molecule has 0 heterocycles. The van der Waals surface area contributed by atoms with Gasteiger partial charge in [-0.3, -0.25) is 9.59 Å². The fraction of sp³-hybridized carbons (Fsp3) is 0.0870. The smallest absolute Gasteiger partial charge is 0.196 e. The summed E-state index contributed by atoms with van der Waals surface area (Å²) in [5, 5.41) is 6.36. The number of carbonyl (C=O) groups excluding carboxylic acids is 2. The van der Waals surface area contributed by atoms with E-state index < -0.39 is 0 Å². The Balaban J connectivity index is 1.63. The molecule has 150 valence electrons. The molecule has 0 aliphatic heterocycles. The zero-order chi connectivity index (χ0) is 21.3. The fourth-order valence-electron chi connectivity index (χ4n) is 3.41. The van der Waals surface area contributed by atoms with Gasteiger partial charge in [0.2, 0.25) is 0 Å². The van der Waals surface area contributed by atoms with E-state index in [2.05, 4.69) is 10.6 Å². The molecule has 1 aliphatic carbocycles. The minimum Gasteiger partial charge on any atom is -0.497 e. The first-order chi connectivity index (χ1) is 14.5. The van der Waals surface area contributed by atoms with Crippen LogP contribution >= 0.6 is 12.2 Å². The normalized spacial score (nSPS) is 11.9. The first-order valence-electron chi connectivity index (χ1n) is 9.14. The maximum Gasteiger partial charge on any atom is 0.196 e. The van der Waals surface area contributed by atoms with E-state index in [-0.39, 0.29) is 16.7 Å². The molecule has 0 bridgehead atoms. The molecular formula is C23H18N2O4S. The second kappa shape index (κ2) is 7.96. The van der Waals surface area contributed by atoms with Crippen LogP contribution in [0.4, 0.5) is 11.4 Å². The maximum absolute atomic E-state index is 13.1. The van der Waals surface area contributed by atoms with Crippen LogP contribution in [0.15, 0.2) is 60.7 Å². The van der Waals surface area contributed by atoms with Crippen molar-refractivity contribution in [3.8, 4) is 11.5 Å². The van der Waals surface area contributed by atoms with Crippen LogP contribution in [-0.4, -0.2) is 30.9 Å². The highest BCUT2D eigenvalue weighted by Crippen LogP contribution is 2.32. The van der Waals surface area contributed by atoms with Gasteiger partial charge in [-0.25, -0.2) is 0 Å². The zero-order valence-corrected chi connectivity index (χ0v) is 17.1. The quantitative estimate of drug-likeness (QED) is 0.479. The van der Waals surface area contributed by atoms with Gasteiger partial charge in [0.15, 0.2) is 16.7 Å². The molecule has 0 spiro atoms. The van der Waals surface area contributed by atoms with Crippen molar-refractivity contribution in [3.63, 3.8) is 0 Å². The highest BCUT2D eigenvalue weighted by molar-refractivity contribution is 7.80. The summed E-state index contributed by atoms with van der Waals surface area (Å²) in [5.41, 5.74) is 2.59. The summed E-state index contributed by atoms with van der Waals surface area (Å²) in [6, 6.07) is 17.2. The Morgan fingerprint density at radius 1 is 0.767 bits per heavy atom. The van der Waals surface area contributed by atoms with Crippen LogP contribution in [0.3, 0.4) is 0 Å². The molecule has 6 nitrogen and oxygen atoms in total. The number of benzene rings is 3. The Morgan fingerprint density at radius 2 is 1.37 bits per heavy atom. The van der Waals surface area contributed by atoms with E-state index in [4.69, 9.17) is 21.7 Å². The van der Waals surface area contributed by atoms with Gasteiger partial charge in [-0.05, 0) is 18.3 Å². The number of anilines is 2. The van der Waals surface area contributed by atoms with Gasteiger partial charge in [0.05, 0.1) is 25.5 Å². The molecule has 0 saturated carbocycles. The lowest BCUT2D eigenvalue weighted by atomic mass is 9.83. The lowest BCUT2D eigenvalue weighted by Gasteiger charge is -2.21. The minimum absolute atomic E-state index is 0.180. The third-order valence-corrected chi connectivity index (χ3v) is 5.01. The van der Waals surface area contributed by atoms with Crippen LogP contribution in [0, 0.1) is 0 Å². The second-order valence-corrected chi connectivity index (χ2v) is 7.02. The lowest BCUT2D eigenvalue weighted by Crippen LogP contribution is -2.25. The SMILES string of the molecule is COc1cc(NC(=S)Nc2cccc3c2C(=O)c2ccccc2C3=O)cc(OC)c1. The Morgan fingerprint density at radius 3 is 2.00 bits per heavy atom. The molecule has 0 amide bonds. The van der Waals surface area contributed by atoms with Gasteiger partial charge in [-0.15, -0.1) is 0 Å². The van der Waals surface area contributed by atoms with Gasteiger partial charge >= 0.3 is 0 Å². The average molecular weight is 418 g/mol. The number of ether oxygens (including phenoxy) is 2. The second-order valence-electron chi connectivity index (χ2n) is 6.61. The maximum atomic E-state index is 13.1. The van der Waals surface area contributed by atoms with Crippen LogP contribution in [-0.2, 0) is 0 Å². The predicted molar refractivity (Wildman–Crippen MR) is 119 cm³/mol. The molecule has 3 aromatic carbocycles. The molecule has 0 fully saturated rings. The number of nitrogens with one attached hydrogen (secondary N) is 2. The van der Waals surface area contributed by atoms with Crippen LogP contribution in [0.2, 0.25) is 0 Å². The van der Waals surface area contributed by atoms with Gasteiger partial charge < -0.3 is 20.1 Å². The lowest BCUT2D eigenvalue weighted by molar-refractivity contribution is 0.0979. The Hall–Kier alpha value is -3.71. The van der Waals surface area contributed by atoms with Crippen LogP contribution < -0.4 is 20.1 Å². The summed E-state index contributed by atoms with van der Waals surface area (Å²) in [6.07, 6.45) is 0. The number of carbonyl (C=O) groups is 2. The van der Waals surface area contributed by atoms with Crippen molar-refractivity contribution in [1.29, 1.82) is 0 Å². The van der Waals surface area contributed by atoms with Gasteiger partial charge in [-0.2, -0.15) is 0 Å². The molecule has 7 heteroatoms. The number of methoxy groups -OCH3 is 2. The number of hydrogen-bond acceptors (Lipinski definition) is 5. The summed E-state index contributed by atoms with van der Waals surface area (Å²) in [7, 11) is 3.12. The zero-order valence-electron chi connectivity index (χ0n) is 16.3. The van der Waals surface area contributed by atoms with E-state index in [9.17, 15) is 9.59 Å². The van der Waals surface area contributed by atoms with Crippen molar-refractivity contribution in [1.82, 2.24) is 0 Å². The first kappa shape index (κ1) is 19.6. The van der Waals surface area contributed by atoms with Crippen LogP contribution in [0.5, 0.6) is 11.5 Å². The van der Waals surface area contributed by atoms with Crippen molar-refractivity contribution in [3.05, 3.63) is 82.9 Å². The Bertz CT molecular complexity index is 1170. The highest BCUT2D eigenvalue weighted by atomic mass is 32.1. The van der Waals surface area contributed by atoms with E-state index in [1.54, 1.807) is 74.9 Å². The molecule has 1 aliphatic rings. The number of ketones is 2. The third-order valence-electron chi connectivity index (χ3n) is 4.81. The number of fused-ring (bicyclic) bond motifs is 2. The van der Waals surface area contributed by atoms with E-state index in [0.717, 1.165) is 0 Å². The monoisotopic (exact) mass is 418 g/mol. The molecule has 4 rings (SSSR count). The summed E-state index contributed by atoms with van der Waals surface area (Å²) >= 11 is 5.43. The van der Waals surface area contributed by atoms with E-state index in [1.165, 1.54) is 0 Å². The topological polar surface area (TPSA) is 76.7 Å². The molecule has 3 aromatic rings. The number of rotatable bonds is 4. The van der Waals surface area contributed by atoms with Crippen LogP contribution in [0.25, 0.3) is 0 Å². The van der Waals surface area contributed by atoms with Crippen molar-refractivity contribution in [2.75, 3.05) is 24.9 Å². The summed E-state index contributed by atoms with van der Waals surface area (Å²) in [4.78, 5) is 26.0. The summed E-state index contributed by atoms with van der Waals surface area (Å²) in [6.45, 7) is 0. The largest absolute Gasteiger partial charge is 0.497 e. The van der Waals surface area contributed by atoms with E-state index in [1.807, 2.05) is 0 Å². The minimum atomic E-state index is -0.214. The third kappa shape index (κ3) is 3.51. The van der Waals surface area contributed by atoms with Gasteiger partial charge in [-0.1, -0.05) is 36.4 Å². The molecule has 0 saturated heterocycles. The Labute approximate surface area is 178 Å². The average Bonchev–Trinajstić information content (AvgIpc) is 2.77. The van der Waals surface area contributed by atoms with Crippen LogP contribution in [0.1, 0.15) is 31.8 Å². The number of thiocarbonyl (C=S) groups is 1. The Kier molecular flexibility index (Phi) is 5.20. The fourth-order valence-corrected chi connectivity index (χ4v) is 3.64. The van der Waals surface area contributed by atoms with Crippen molar-refractivity contribution < 1.29 is 19.1 Å². The summed E-state index contributed by atoms with van der Waals surface area (Å²) in [5.74, 6) is 0.817. The predicted octanol–water partition coefficient (Wildman–Crippen LogP) is 4.29. The van der Waals surface area contributed by atoms with Gasteiger partial charge in [0, 0.05) is 40.6 Å². The highest BCUT2D eigenvalue weighted by Gasteiger charge is 2.31. The summed E-state index contributed by atoms with van der Waals surface area (Å²) < 4.78 is 10.5. The van der Waals surface area contributed by atoms with Gasteiger partial charge in [0.25, 0.3) is 0 Å². The molecule has 30 heavy (non-hydrogen) atoms.